The van der Waals surface area contributed by atoms with E-state index >= 15 is 0 Å². The molecular weight excluding hydrogens is 360 g/mol. The number of hydrogen-bond donors (Lipinski definition) is 3. The smallest absolute Gasteiger partial charge is 0.330 e. The highest BCUT2D eigenvalue weighted by atomic mass is 16.6. The third-order valence-electron chi connectivity index (χ3n) is 4.72. The van der Waals surface area contributed by atoms with E-state index in [0.29, 0.717) is 25.0 Å². The summed E-state index contributed by atoms with van der Waals surface area (Å²) in [6.07, 6.45) is 9.10. The van der Waals surface area contributed by atoms with Crippen molar-refractivity contribution in [2.24, 2.45) is 11.8 Å². The number of allylic oxidation sites excluding steroid dienone is 3. The van der Waals surface area contributed by atoms with Crippen molar-refractivity contribution in [2.75, 3.05) is 7.11 Å². The van der Waals surface area contributed by atoms with Gasteiger partial charge in [0.05, 0.1) is 19.3 Å². The molecule has 0 saturated heterocycles. The molecule has 0 aromatic heterocycles. The summed E-state index contributed by atoms with van der Waals surface area (Å²) in [5, 5.41) is 30.5. The Hall–Kier alpha value is -2.41. The van der Waals surface area contributed by atoms with E-state index in [1.165, 1.54) is 19.3 Å². The number of carbonyl (C=O) groups excluding carboxylic acids is 1. The minimum atomic E-state index is -1.13. The van der Waals surface area contributed by atoms with Crippen LogP contribution in [0.1, 0.15) is 19.3 Å². The lowest BCUT2D eigenvalue weighted by molar-refractivity contribution is -0.134. The summed E-state index contributed by atoms with van der Waals surface area (Å²) in [5.74, 6) is -0.286. The quantitative estimate of drug-likeness (QED) is 0.260. The minimum absolute atomic E-state index is 0.156. The predicted molar refractivity (Wildman–Crippen MR) is 105 cm³/mol. The fourth-order valence-corrected chi connectivity index (χ4v) is 3.27. The average molecular weight is 388 g/mol. The van der Waals surface area contributed by atoms with E-state index in [4.69, 9.17) is 4.74 Å². The van der Waals surface area contributed by atoms with Crippen LogP contribution in [0.2, 0.25) is 0 Å². The standard InChI is InChI=1S/C22H28O6/c1-27-21(25)12-8-3-2-7-11-17-18(20(24)15-19(17)23)13-14-22(26)28-16-9-5-4-6-10-16/h2,4-10,12-14,17-20,22-24,26H,3,11,15H2,1H3/b7-2-,12-8+,14-13+/t17-,18-,19+,20-,22+/m1/s1. The molecule has 0 heterocycles. The zero-order chi connectivity index (χ0) is 20.4. The molecule has 2 rings (SSSR count). The molecule has 152 valence electrons. The third-order valence-corrected chi connectivity index (χ3v) is 4.72. The molecule has 1 aromatic carbocycles. The normalized spacial score (nSPS) is 26.3. The molecule has 5 atom stereocenters. The van der Waals surface area contributed by atoms with Crippen molar-refractivity contribution in [3.63, 3.8) is 0 Å². The molecule has 1 aliphatic carbocycles. The average Bonchev–Trinajstić information content (AvgIpc) is 2.96. The van der Waals surface area contributed by atoms with E-state index in [9.17, 15) is 20.1 Å². The van der Waals surface area contributed by atoms with E-state index in [1.807, 2.05) is 30.4 Å². The van der Waals surface area contributed by atoms with Crippen molar-refractivity contribution < 1.29 is 29.6 Å². The van der Waals surface area contributed by atoms with Crippen LogP contribution in [-0.4, -0.2) is 46.9 Å². The number of benzene rings is 1. The summed E-state index contributed by atoms with van der Waals surface area (Å²) in [6, 6.07) is 8.97. The number of esters is 1. The van der Waals surface area contributed by atoms with Gasteiger partial charge in [-0.25, -0.2) is 4.79 Å². The molecule has 1 aromatic rings. The molecule has 0 spiro atoms. The highest BCUT2D eigenvalue weighted by Crippen LogP contribution is 2.36. The Bertz CT molecular complexity index is 682. The second-order valence-corrected chi connectivity index (χ2v) is 6.69. The predicted octanol–water partition coefficient (Wildman–Crippen LogP) is 2.36. The van der Waals surface area contributed by atoms with E-state index in [1.54, 1.807) is 24.3 Å². The molecule has 0 bridgehead atoms. The molecule has 0 unspecified atom stereocenters. The van der Waals surface area contributed by atoms with Crippen molar-refractivity contribution in [1.29, 1.82) is 0 Å². The number of para-hydroxylation sites is 1. The molecule has 6 nitrogen and oxygen atoms in total. The first-order valence-corrected chi connectivity index (χ1v) is 9.35. The van der Waals surface area contributed by atoms with Crippen LogP contribution in [0.15, 0.2) is 66.8 Å². The van der Waals surface area contributed by atoms with E-state index in [0.717, 1.165) is 0 Å². The maximum atomic E-state index is 11.0. The SMILES string of the molecule is COC(=O)/C=C/C/C=C\C[C@@H]1[C@@H](/C=C/[C@@H](O)Oc2ccccc2)[C@H](O)C[C@@H]1O. The van der Waals surface area contributed by atoms with Crippen molar-refractivity contribution in [3.8, 4) is 5.75 Å². The summed E-state index contributed by atoms with van der Waals surface area (Å²) in [7, 11) is 1.32. The van der Waals surface area contributed by atoms with Gasteiger partial charge in [-0.2, -0.15) is 0 Å². The van der Waals surface area contributed by atoms with Gasteiger partial charge in [0.15, 0.2) is 0 Å². The fourth-order valence-electron chi connectivity index (χ4n) is 3.27. The molecule has 6 heteroatoms. The fraction of sp³-hybridized carbons (Fsp3) is 0.409. The van der Waals surface area contributed by atoms with Gasteiger partial charge in [0.2, 0.25) is 6.29 Å². The van der Waals surface area contributed by atoms with Crippen LogP contribution >= 0.6 is 0 Å². The molecule has 1 fully saturated rings. The van der Waals surface area contributed by atoms with Crippen molar-refractivity contribution in [1.82, 2.24) is 0 Å². The lowest BCUT2D eigenvalue weighted by Gasteiger charge is -2.19. The Kier molecular flexibility index (Phi) is 8.94. The largest absolute Gasteiger partial charge is 0.466 e. The first kappa shape index (κ1) is 21.9. The Morgan fingerprint density at radius 2 is 1.93 bits per heavy atom. The second kappa shape index (κ2) is 11.4. The lowest BCUT2D eigenvalue weighted by atomic mass is 9.90. The minimum Gasteiger partial charge on any atom is -0.466 e. The summed E-state index contributed by atoms with van der Waals surface area (Å²) in [5.41, 5.74) is 0. The molecule has 1 saturated carbocycles. The molecule has 1 aliphatic rings. The summed E-state index contributed by atoms with van der Waals surface area (Å²) < 4.78 is 9.90. The topological polar surface area (TPSA) is 96.2 Å². The zero-order valence-electron chi connectivity index (χ0n) is 15.9. The van der Waals surface area contributed by atoms with Crippen LogP contribution in [0.5, 0.6) is 5.75 Å². The maximum absolute atomic E-state index is 11.0. The van der Waals surface area contributed by atoms with Gasteiger partial charge in [-0.15, -0.1) is 0 Å². The van der Waals surface area contributed by atoms with E-state index < -0.39 is 24.5 Å². The van der Waals surface area contributed by atoms with Gasteiger partial charge in [0.25, 0.3) is 0 Å². The van der Waals surface area contributed by atoms with Crippen molar-refractivity contribution in [2.45, 2.75) is 37.8 Å². The second-order valence-electron chi connectivity index (χ2n) is 6.69. The van der Waals surface area contributed by atoms with Crippen molar-refractivity contribution in [3.05, 3.63) is 66.8 Å². The number of aliphatic hydroxyl groups excluding tert-OH is 3. The van der Waals surface area contributed by atoms with Gasteiger partial charge in [0, 0.05) is 18.4 Å². The summed E-state index contributed by atoms with van der Waals surface area (Å²) in [4.78, 5) is 11.0. The monoisotopic (exact) mass is 388 g/mol. The number of rotatable bonds is 9. The Labute approximate surface area is 165 Å². The van der Waals surface area contributed by atoms with Gasteiger partial charge in [-0.1, -0.05) is 42.5 Å². The van der Waals surface area contributed by atoms with Crippen LogP contribution < -0.4 is 4.74 Å². The number of hydrogen-bond acceptors (Lipinski definition) is 6. The lowest BCUT2D eigenvalue weighted by Crippen LogP contribution is -2.21. The maximum Gasteiger partial charge on any atom is 0.330 e. The Morgan fingerprint density at radius 1 is 1.18 bits per heavy atom. The van der Waals surface area contributed by atoms with Crippen LogP contribution in [0, 0.1) is 11.8 Å². The summed E-state index contributed by atoms with van der Waals surface area (Å²) >= 11 is 0. The molecule has 0 aliphatic heterocycles. The third kappa shape index (κ3) is 6.96. The molecular formula is C22H28O6. The van der Waals surface area contributed by atoms with Crippen LogP contribution in [0.4, 0.5) is 0 Å². The molecule has 0 radical (unpaired) electrons. The zero-order valence-corrected chi connectivity index (χ0v) is 15.9. The number of aliphatic hydroxyl groups is 3. The molecule has 28 heavy (non-hydrogen) atoms. The summed E-state index contributed by atoms with van der Waals surface area (Å²) in [6.45, 7) is 0. The van der Waals surface area contributed by atoms with Crippen LogP contribution in [0.25, 0.3) is 0 Å². The highest BCUT2D eigenvalue weighted by molar-refractivity contribution is 5.81. The van der Waals surface area contributed by atoms with Gasteiger partial charge in [-0.3, -0.25) is 0 Å². The Morgan fingerprint density at radius 3 is 2.64 bits per heavy atom. The van der Waals surface area contributed by atoms with Crippen molar-refractivity contribution >= 4 is 5.97 Å². The van der Waals surface area contributed by atoms with E-state index in [-0.39, 0.29) is 11.8 Å². The van der Waals surface area contributed by atoms with E-state index in [2.05, 4.69) is 4.74 Å². The molecule has 0 amide bonds. The molecule has 3 N–H and O–H groups in total. The van der Waals surface area contributed by atoms with Gasteiger partial charge in [0.1, 0.15) is 5.75 Å². The van der Waals surface area contributed by atoms with Gasteiger partial charge in [-0.05, 0) is 37.0 Å². The van der Waals surface area contributed by atoms with Gasteiger partial charge < -0.3 is 24.8 Å². The first-order chi connectivity index (χ1) is 13.5. The van der Waals surface area contributed by atoms with Gasteiger partial charge >= 0.3 is 5.97 Å². The number of ether oxygens (including phenoxy) is 2. The first-order valence-electron chi connectivity index (χ1n) is 9.35. The van der Waals surface area contributed by atoms with Crippen LogP contribution in [-0.2, 0) is 9.53 Å². The highest BCUT2D eigenvalue weighted by Gasteiger charge is 2.39. The number of methoxy groups -OCH3 is 1. The number of carbonyl (C=O) groups is 1. The van der Waals surface area contributed by atoms with Crippen LogP contribution in [0.3, 0.4) is 0 Å². The Balaban J connectivity index is 1.88.